The molecule has 2 unspecified atom stereocenters. The second-order valence-corrected chi connectivity index (χ2v) is 6.27. The van der Waals surface area contributed by atoms with E-state index in [0.717, 1.165) is 6.42 Å². The lowest BCUT2D eigenvalue weighted by atomic mass is 9.96. The van der Waals surface area contributed by atoms with E-state index in [4.69, 9.17) is 5.73 Å². The molecule has 0 aliphatic heterocycles. The van der Waals surface area contributed by atoms with Gasteiger partial charge >= 0.3 is 0 Å². The number of nitrogens with zero attached hydrogens (tertiary/aromatic N) is 1. The zero-order valence-electron chi connectivity index (χ0n) is 13.9. The topological polar surface area (TPSA) is 58.4 Å². The lowest BCUT2D eigenvalue weighted by Gasteiger charge is -2.28. The molecule has 4 heteroatoms. The van der Waals surface area contributed by atoms with Crippen LogP contribution in [0.1, 0.15) is 43.9 Å². The van der Waals surface area contributed by atoms with E-state index in [1.54, 1.807) is 6.92 Å². The fraction of sp³-hybridized carbons (Fsp3) is 0.588. The fourth-order valence-electron chi connectivity index (χ4n) is 2.41. The Hall–Kier alpha value is -1.39. The molecular weight excluding hydrogens is 262 g/mol. The molecular formula is C17H29N3O. The number of carbonyl (C=O) groups excluding carboxylic acids is 1. The predicted octanol–water partition coefficient (Wildman–Crippen LogP) is 2.23. The summed E-state index contributed by atoms with van der Waals surface area (Å²) in [5.41, 5.74) is 7.70. The van der Waals surface area contributed by atoms with E-state index in [2.05, 4.69) is 41.4 Å². The maximum absolute atomic E-state index is 12.2. The lowest BCUT2D eigenvalue weighted by Crippen LogP contribution is -2.52. The molecule has 1 rings (SSSR count). The second kappa shape index (κ2) is 7.57. The molecule has 0 heterocycles. The number of hydrogen-bond acceptors (Lipinski definition) is 3. The van der Waals surface area contributed by atoms with Crippen molar-refractivity contribution >= 4 is 5.91 Å². The Balaban J connectivity index is 2.72. The highest BCUT2D eigenvalue weighted by atomic mass is 16.2. The summed E-state index contributed by atoms with van der Waals surface area (Å²) >= 11 is 0. The van der Waals surface area contributed by atoms with Gasteiger partial charge in [-0.25, -0.2) is 0 Å². The number of amides is 1. The van der Waals surface area contributed by atoms with Crippen LogP contribution in [0.2, 0.25) is 0 Å². The molecule has 3 N–H and O–H groups in total. The number of rotatable bonds is 7. The number of nitrogens with two attached hydrogens (primary N) is 1. The van der Waals surface area contributed by atoms with Gasteiger partial charge in [-0.15, -0.1) is 0 Å². The third kappa shape index (κ3) is 5.14. The SMILES string of the molecule is CCCC(C)(N)C(=O)NCC(c1ccc(C)cc1)N(C)C. The smallest absolute Gasteiger partial charge is 0.239 e. The highest BCUT2D eigenvalue weighted by molar-refractivity contribution is 5.85. The average molecular weight is 291 g/mol. The number of nitrogens with one attached hydrogen (secondary N) is 1. The van der Waals surface area contributed by atoms with Crippen molar-refractivity contribution in [3.8, 4) is 0 Å². The average Bonchev–Trinajstić information content (AvgIpc) is 2.40. The van der Waals surface area contributed by atoms with Crippen LogP contribution < -0.4 is 11.1 Å². The molecule has 0 saturated heterocycles. The monoisotopic (exact) mass is 291 g/mol. The number of likely N-dealkylation sites (N-methyl/N-ethyl adjacent to an activating group) is 1. The minimum Gasteiger partial charge on any atom is -0.353 e. The van der Waals surface area contributed by atoms with Gasteiger partial charge in [-0.2, -0.15) is 0 Å². The summed E-state index contributed by atoms with van der Waals surface area (Å²) in [6, 6.07) is 8.56. The van der Waals surface area contributed by atoms with Crippen molar-refractivity contribution in [2.75, 3.05) is 20.6 Å². The van der Waals surface area contributed by atoms with Crippen LogP contribution in [0.3, 0.4) is 0 Å². The Labute approximate surface area is 128 Å². The van der Waals surface area contributed by atoms with Crippen LogP contribution in [0.15, 0.2) is 24.3 Å². The van der Waals surface area contributed by atoms with Gasteiger partial charge in [0.05, 0.1) is 11.6 Å². The molecule has 4 nitrogen and oxygen atoms in total. The van der Waals surface area contributed by atoms with Crippen molar-refractivity contribution in [2.45, 2.75) is 45.2 Å². The Morgan fingerprint density at radius 1 is 1.33 bits per heavy atom. The van der Waals surface area contributed by atoms with Crippen LogP contribution in [-0.4, -0.2) is 37.0 Å². The minimum absolute atomic E-state index is 0.0803. The quantitative estimate of drug-likeness (QED) is 0.810. The molecule has 0 aliphatic carbocycles. The van der Waals surface area contributed by atoms with Crippen LogP contribution in [-0.2, 0) is 4.79 Å². The molecule has 1 amide bonds. The van der Waals surface area contributed by atoms with Crippen molar-refractivity contribution in [3.63, 3.8) is 0 Å². The summed E-state index contributed by atoms with van der Waals surface area (Å²) in [5, 5.41) is 3.00. The van der Waals surface area contributed by atoms with Crippen molar-refractivity contribution in [1.29, 1.82) is 0 Å². The van der Waals surface area contributed by atoms with E-state index < -0.39 is 5.54 Å². The van der Waals surface area contributed by atoms with Crippen LogP contribution >= 0.6 is 0 Å². The van der Waals surface area contributed by atoms with Crippen molar-refractivity contribution in [3.05, 3.63) is 35.4 Å². The summed E-state index contributed by atoms with van der Waals surface area (Å²) in [6.45, 7) is 6.46. The number of benzene rings is 1. The molecule has 0 saturated carbocycles. The second-order valence-electron chi connectivity index (χ2n) is 6.27. The van der Waals surface area contributed by atoms with Crippen molar-refractivity contribution in [1.82, 2.24) is 10.2 Å². The molecule has 0 aliphatic rings. The molecule has 0 bridgehead atoms. The molecule has 1 aromatic carbocycles. The fourth-order valence-corrected chi connectivity index (χ4v) is 2.41. The largest absolute Gasteiger partial charge is 0.353 e. The minimum atomic E-state index is -0.793. The molecule has 118 valence electrons. The van der Waals surface area contributed by atoms with Gasteiger partial charge in [0.15, 0.2) is 0 Å². The van der Waals surface area contributed by atoms with E-state index in [-0.39, 0.29) is 11.9 Å². The van der Waals surface area contributed by atoms with Crippen molar-refractivity contribution in [2.24, 2.45) is 5.73 Å². The molecule has 0 radical (unpaired) electrons. The van der Waals surface area contributed by atoms with Crippen LogP contribution in [0, 0.1) is 6.92 Å². The van der Waals surface area contributed by atoms with Crippen molar-refractivity contribution < 1.29 is 4.79 Å². The van der Waals surface area contributed by atoms with Gasteiger partial charge in [-0.05, 0) is 39.9 Å². The Bertz CT molecular complexity index is 452. The zero-order chi connectivity index (χ0) is 16.0. The molecule has 2 atom stereocenters. The zero-order valence-corrected chi connectivity index (χ0v) is 13.9. The van der Waals surface area contributed by atoms with E-state index in [1.807, 2.05) is 21.0 Å². The summed E-state index contributed by atoms with van der Waals surface area (Å²) in [6.07, 6.45) is 1.59. The molecule has 0 spiro atoms. The molecule has 0 fully saturated rings. The summed E-state index contributed by atoms with van der Waals surface area (Å²) in [4.78, 5) is 14.3. The van der Waals surface area contributed by atoms with E-state index in [9.17, 15) is 4.79 Å². The van der Waals surface area contributed by atoms with Crippen LogP contribution in [0.5, 0.6) is 0 Å². The summed E-state index contributed by atoms with van der Waals surface area (Å²) in [5.74, 6) is -0.0803. The Kier molecular flexibility index (Phi) is 6.37. The van der Waals surface area contributed by atoms with Gasteiger partial charge in [0.2, 0.25) is 5.91 Å². The third-order valence-electron chi connectivity index (χ3n) is 3.83. The van der Waals surface area contributed by atoms with Gasteiger partial charge in [0, 0.05) is 6.54 Å². The molecule has 0 aromatic heterocycles. The Morgan fingerprint density at radius 2 is 1.90 bits per heavy atom. The lowest BCUT2D eigenvalue weighted by molar-refractivity contribution is -0.126. The number of carbonyl (C=O) groups is 1. The predicted molar refractivity (Wildman–Crippen MR) is 88.1 cm³/mol. The van der Waals surface area contributed by atoms with Gasteiger partial charge in [-0.3, -0.25) is 4.79 Å². The highest BCUT2D eigenvalue weighted by Crippen LogP contribution is 2.18. The highest BCUT2D eigenvalue weighted by Gasteiger charge is 2.27. The summed E-state index contributed by atoms with van der Waals surface area (Å²) in [7, 11) is 4.04. The molecule has 1 aromatic rings. The van der Waals surface area contributed by atoms with Gasteiger partial charge in [-0.1, -0.05) is 43.2 Å². The maximum atomic E-state index is 12.2. The third-order valence-corrected chi connectivity index (χ3v) is 3.83. The van der Waals surface area contributed by atoms with E-state index >= 15 is 0 Å². The van der Waals surface area contributed by atoms with Gasteiger partial charge in [0.25, 0.3) is 0 Å². The first kappa shape index (κ1) is 17.7. The number of aryl methyl sites for hydroxylation is 1. The maximum Gasteiger partial charge on any atom is 0.239 e. The number of hydrogen-bond donors (Lipinski definition) is 2. The first-order chi connectivity index (χ1) is 9.77. The standard InChI is InChI=1S/C17H29N3O/c1-6-11-17(3,18)16(21)19-12-15(20(4)5)14-9-7-13(2)8-10-14/h7-10,15H,6,11-12,18H2,1-5H3,(H,19,21). The van der Waals surface area contributed by atoms with Gasteiger partial charge in [0.1, 0.15) is 0 Å². The van der Waals surface area contributed by atoms with Crippen LogP contribution in [0.25, 0.3) is 0 Å². The first-order valence-electron chi connectivity index (χ1n) is 7.58. The van der Waals surface area contributed by atoms with E-state index in [0.29, 0.717) is 13.0 Å². The summed E-state index contributed by atoms with van der Waals surface area (Å²) < 4.78 is 0. The normalized spacial score (nSPS) is 15.6. The Morgan fingerprint density at radius 3 is 2.38 bits per heavy atom. The van der Waals surface area contributed by atoms with E-state index in [1.165, 1.54) is 11.1 Å². The van der Waals surface area contributed by atoms with Gasteiger partial charge < -0.3 is 16.0 Å². The first-order valence-corrected chi connectivity index (χ1v) is 7.58. The molecule has 21 heavy (non-hydrogen) atoms. The van der Waals surface area contributed by atoms with Crippen LogP contribution in [0.4, 0.5) is 0 Å².